The van der Waals surface area contributed by atoms with Crippen molar-refractivity contribution in [2.45, 2.75) is 24.0 Å². The quantitative estimate of drug-likeness (QED) is 0.188. The molecule has 1 saturated heterocycles. The minimum Gasteiger partial charge on any atom is -0.386 e. The van der Waals surface area contributed by atoms with Gasteiger partial charge in [-0.2, -0.15) is 13.7 Å². The average Bonchev–Trinajstić information content (AvgIpc) is 3.19. The summed E-state index contributed by atoms with van der Waals surface area (Å²) in [5.74, 6) is 0.0767. The number of alkyl halides is 1. The molecule has 0 saturated carbocycles. The lowest BCUT2D eigenvalue weighted by Gasteiger charge is -2.28. The zero-order valence-electron chi connectivity index (χ0n) is 16.2. The number of ether oxygens (including phenoxy) is 1. The van der Waals surface area contributed by atoms with Gasteiger partial charge in [-0.05, 0) is 12.1 Å². The van der Waals surface area contributed by atoms with Gasteiger partial charge in [0.2, 0.25) is 0 Å². The number of aromatic nitrogens is 3. The molecule has 0 amide bonds. The highest BCUT2D eigenvalue weighted by atomic mass is 31.3. The van der Waals surface area contributed by atoms with Gasteiger partial charge in [0, 0.05) is 0 Å². The SMILES string of the molecule is C=C[C@]1(COP(=O)(O)OP(=O)(O)OP(=O)(O)O)O[C@@H](c2ccc3c(N)ncnn23)[C@H](F)[C@@H]1O. The van der Waals surface area contributed by atoms with E-state index in [4.69, 9.17) is 20.3 Å². The van der Waals surface area contributed by atoms with Crippen LogP contribution < -0.4 is 5.73 Å². The summed E-state index contributed by atoms with van der Waals surface area (Å²) < 4.78 is 67.6. The molecule has 2 unspecified atom stereocenters. The number of nitrogens with two attached hydrogens (primary N) is 1. The fraction of sp³-hybridized carbons (Fsp3) is 0.385. The molecule has 2 aromatic rings. The van der Waals surface area contributed by atoms with Crippen LogP contribution in [-0.4, -0.2) is 63.8 Å². The Kier molecular flexibility index (Phi) is 7.01. The molecule has 184 valence electrons. The number of aliphatic hydroxyl groups is 1. The van der Waals surface area contributed by atoms with E-state index in [1.807, 2.05) is 0 Å². The van der Waals surface area contributed by atoms with E-state index in [-0.39, 0.29) is 11.5 Å². The van der Waals surface area contributed by atoms with E-state index in [0.29, 0.717) is 5.52 Å². The van der Waals surface area contributed by atoms with E-state index in [0.717, 1.165) is 12.4 Å². The normalized spacial score (nSPS) is 29.6. The van der Waals surface area contributed by atoms with E-state index in [1.165, 1.54) is 16.6 Å². The molecule has 0 radical (unpaired) electrons. The maximum Gasteiger partial charge on any atom is 0.490 e. The number of nitrogens with zero attached hydrogens (tertiary/aromatic N) is 3. The highest BCUT2D eigenvalue weighted by Crippen LogP contribution is 2.66. The molecule has 3 rings (SSSR count). The Morgan fingerprint density at radius 1 is 1.24 bits per heavy atom. The van der Waals surface area contributed by atoms with Crippen LogP contribution in [0.1, 0.15) is 11.8 Å². The molecule has 0 aliphatic carbocycles. The third-order valence-corrected chi connectivity index (χ3v) is 8.24. The monoisotopic (exact) mass is 534 g/mol. The van der Waals surface area contributed by atoms with E-state index in [1.54, 1.807) is 0 Å². The van der Waals surface area contributed by atoms with Crippen LogP contribution in [0.4, 0.5) is 10.2 Å². The number of aliphatic hydroxyl groups excluding tert-OH is 1. The summed E-state index contributed by atoms with van der Waals surface area (Å²) in [5, 5.41) is 14.4. The van der Waals surface area contributed by atoms with Gasteiger partial charge in [-0.15, -0.1) is 6.58 Å². The second-order valence-corrected chi connectivity index (χ2v) is 11.1. The molecule has 1 aliphatic heterocycles. The van der Waals surface area contributed by atoms with Crippen molar-refractivity contribution in [1.82, 2.24) is 14.6 Å². The molecule has 7 N–H and O–H groups in total. The first-order valence-corrected chi connectivity index (χ1v) is 13.1. The van der Waals surface area contributed by atoms with Crippen LogP contribution in [0, 0.1) is 0 Å². The molecule has 33 heavy (non-hydrogen) atoms. The lowest BCUT2D eigenvalue weighted by Crippen LogP contribution is -2.44. The number of hydrogen-bond donors (Lipinski definition) is 6. The number of hydrogen-bond acceptors (Lipinski definition) is 11. The van der Waals surface area contributed by atoms with E-state index < -0.39 is 54.1 Å². The smallest absolute Gasteiger partial charge is 0.386 e. The van der Waals surface area contributed by atoms with E-state index in [9.17, 15) is 28.6 Å². The molecule has 16 nitrogen and oxygen atoms in total. The lowest BCUT2D eigenvalue weighted by molar-refractivity contribution is -0.0780. The topological polar surface area (TPSA) is 245 Å². The fourth-order valence-corrected chi connectivity index (χ4v) is 6.11. The number of anilines is 1. The Balaban J connectivity index is 1.81. The number of rotatable bonds is 9. The Labute approximate surface area is 183 Å². The zero-order valence-corrected chi connectivity index (χ0v) is 18.9. The van der Waals surface area contributed by atoms with Gasteiger partial charge >= 0.3 is 23.5 Å². The van der Waals surface area contributed by atoms with Gasteiger partial charge in [-0.3, -0.25) is 4.52 Å². The molecule has 1 fully saturated rings. The lowest BCUT2D eigenvalue weighted by atomic mass is 9.96. The maximum atomic E-state index is 15.0. The Morgan fingerprint density at radius 2 is 1.91 bits per heavy atom. The van der Waals surface area contributed by atoms with Crippen molar-refractivity contribution in [2.24, 2.45) is 0 Å². The van der Waals surface area contributed by atoms with Gasteiger partial charge in [0.25, 0.3) is 0 Å². The Hall–Kier alpha value is -1.58. The van der Waals surface area contributed by atoms with Crippen molar-refractivity contribution in [3.63, 3.8) is 0 Å². The van der Waals surface area contributed by atoms with Crippen LogP contribution in [0.25, 0.3) is 5.52 Å². The Bertz CT molecular complexity index is 1200. The molecule has 2 aromatic heterocycles. The van der Waals surface area contributed by atoms with Gasteiger partial charge in [0.1, 0.15) is 29.7 Å². The average molecular weight is 534 g/mol. The predicted octanol–water partition coefficient (Wildman–Crippen LogP) is 0.350. The summed E-state index contributed by atoms with van der Waals surface area (Å²) in [6.07, 6.45) is -3.69. The van der Waals surface area contributed by atoms with Crippen LogP contribution in [0.2, 0.25) is 0 Å². The number of halogens is 1. The van der Waals surface area contributed by atoms with Crippen LogP contribution in [0.5, 0.6) is 0 Å². The first kappa shape index (κ1) is 26.0. The van der Waals surface area contributed by atoms with Gasteiger partial charge in [0.05, 0.1) is 12.3 Å². The van der Waals surface area contributed by atoms with E-state index in [2.05, 4.69) is 29.8 Å². The van der Waals surface area contributed by atoms with Crippen molar-refractivity contribution < 1.29 is 60.6 Å². The van der Waals surface area contributed by atoms with Crippen LogP contribution in [0.3, 0.4) is 0 Å². The third kappa shape index (κ3) is 5.57. The van der Waals surface area contributed by atoms with Crippen molar-refractivity contribution in [3.05, 3.63) is 36.8 Å². The molecular formula is C13H18FN4O12P3. The molecule has 20 heteroatoms. The second kappa shape index (κ2) is 8.89. The van der Waals surface area contributed by atoms with Gasteiger partial charge in [-0.1, -0.05) is 6.08 Å². The highest BCUT2D eigenvalue weighted by molar-refractivity contribution is 7.66. The summed E-state index contributed by atoms with van der Waals surface area (Å²) in [4.78, 5) is 39.7. The van der Waals surface area contributed by atoms with Crippen molar-refractivity contribution in [3.8, 4) is 0 Å². The predicted molar refractivity (Wildman–Crippen MR) is 105 cm³/mol. The first-order valence-electron chi connectivity index (χ1n) is 8.60. The molecule has 6 atom stereocenters. The molecular weight excluding hydrogens is 516 g/mol. The van der Waals surface area contributed by atoms with Crippen molar-refractivity contribution >= 4 is 34.8 Å². The van der Waals surface area contributed by atoms with Crippen molar-refractivity contribution in [1.29, 1.82) is 0 Å². The summed E-state index contributed by atoms with van der Waals surface area (Å²) in [5.41, 5.74) is 3.96. The highest BCUT2D eigenvalue weighted by Gasteiger charge is 2.56. The van der Waals surface area contributed by atoms with Crippen LogP contribution in [0.15, 0.2) is 31.1 Å². The van der Waals surface area contributed by atoms with Gasteiger partial charge < -0.3 is 35.2 Å². The van der Waals surface area contributed by atoms with Crippen molar-refractivity contribution in [2.75, 3.05) is 12.3 Å². The second-order valence-electron chi connectivity index (χ2n) is 6.65. The summed E-state index contributed by atoms with van der Waals surface area (Å²) in [6.45, 7) is 2.25. The molecule has 0 bridgehead atoms. The minimum absolute atomic E-state index is 0.0767. The van der Waals surface area contributed by atoms with E-state index >= 15 is 4.39 Å². The summed E-state index contributed by atoms with van der Waals surface area (Å²) in [6, 6.07) is 2.86. The maximum absolute atomic E-state index is 15.0. The fourth-order valence-electron chi connectivity index (χ4n) is 3.05. The van der Waals surface area contributed by atoms with Crippen LogP contribution in [-0.2, 0) is 31.6 Å². The first-order chi connectivity index (χ1) is 15.1. The Morgan fingerprint density at radius 3 is 2.52 bits per heavy atom. The molecule has 1 aliphatic rings. The van der Waals surface area contributed by atoms with Crippen LogP contribution >= 0.6 is 23.5 Å². The summed E-state index contributed by atoms with van der Waals surface area (Å²) >= 11 is 0. The molecule has 0 aromatic carbocycles. The van der Waals surface area contributed by atoms with Gasteiger partial charge in [-0.25, -0.2) is 27.6 Å². The standard InChI is InChI=1S/C13H18FN4O12P3/c1-2-13(5-27-32(23,24)30-33(25,26)29-31(20,21)22)11(19)9(14)10(28-13)7-3-4-8-12(15)16-6-17-18(7)8/h2-4,6,9-11,19H,1,5H2,(H,23,24)(H,25,26)(H2,15,16,17)(H2,20,21,22)/t9-,10-,11-,13+/m0/s1. The number of fused-ring (bicyclic) bond motifs is 1. The van der Waals surface area contributed by atoms with Gasteiger partial charge in [0.15, 0.2) is 12.0 Å². The molecule has 0 spiro atoms. The number of phosphoric acid groups is 3. The minimum atomic E-state index is -5.77. The largest absolute Gasteiger partial charge is 0.490 e. The zero-order chi connectivity index (χ0) is 24.8. The third-order valence-electron chi connectivity index (χ3n) is 4.46. The number of nitrogen functional groups attached to an aromatic ring is 1. The number of phosphoric ester groups is 1. The summed E-state index contributed by atoms with van der Waals surface area (Å²) in [7, 11) is -16.9. The molecule has 3 heterocycles.